The number of alkyl halides is 3. The SMILES string of the molecule is OB(O)CC(F)(F)F. The average Bonchev–Trinajstić information content (AvgIpc) is 1.21. The Labute approximate surface area is 44.1 Å². The molecule has 0 heterocycles. The molecular weight excluding hydrogens is 124 g/mol. The van der Waals surface area contributed by atoms with Gasteiger partial charge in [-0.25, -0.2) is 0 Å². The highest BCUT2D eigenvalue weighted by atomic mass is 19.4. The highest BCUT2D eigenvalue weighted by Crippen LogP contribution is 2.20. The Morgan fingerprint density at radius 3 is 1.62 bits per heavy atom. The molecule has 0 aliphatic carbocycles. The van der Waals surface area contributed by atoms with Gasteiger partial charge in [-0.15, -0.1) is 0 Å². The van der Waals surface area contributed by atoms with Crippen LogP contribution in [0.15, 0.2) is 0 Å². The quantitative estimate of drug-likeness (QED) is 0.488. The minimum absolute atomic E-state index is 1.56. The molecular formula is C2H4BF3O2. The number of halogens is 3. The summed E-state index contributed by atoms with van der Waals surface area (Å²) in [6.45, 7) is 0. The molecule has 0 aromatic heterocycles. The zero-order chi connectivity index (χ0) is 6.78. The van der Waals surface area contributed by atoms with Crippen LogP contribution in [0.2, 0.25) is 6.32 Å². The van der Waals surface area contributed by atoms with E-state index in [0.29, 0.717) is 0 Å². The third kappa shape index (κ3) is 5.77. The van der Waals surface area contributed by atoms with Crippen LogP contribution in [-0.4, -0.2) is 23.3 Å². The topological polar surface area (TPSA) is 40.5 Å². The second-order valence-electron chi connectivity index (χ2n) is 1.30. The molecule has 0 rings (SSSR count). The molecule has 2 nitrogen and oxygen atoms in total. The van der Waals surface area contributed by atoms with Crippen molar-refractivity contribution in [3.8, 4) is 0 Å². The highest BCUT2D eigenvalue weighted by molar-refractivity contribution is 6.41. The minimum atomic E-state index is -4.48. The van der Waals surface area contributed by atoms with Crippen molar-refractivity contribution in [2.45, 2.75) is 12.5 Å². The molecule has 0 fully saturated rings. The van der Waals surface area contributed by atoms with Gasteiger partial charge in [0.2, 0.25) is 0 Å². The van der Waals surface area contributed by atoms with Gasteiger partial charge in [-0.2, -0.15) is 13.2 Å². The molecule has 8 heavy (non-hydrogen) atoms. The Morgan fingerprint density at radius 1 is 1.25 bits per heavy atom. The number of hydrogen-bond acceptors (Lipinski definition) is 2. The van der Waals surface area contributed by atoms with Gasteiger partial charge in [0, 0.05) is 0 Å². The second kappa shape index (κ2) is 2.36. The van der Waals surface area contributed by atoms with Crippen LogP contribution >= 0.6 is 0 Å². The third-order valence-corrected chi connectivity index (χ3v) is 0.414. The lowest BCUT2D eigenvalue weighted by molar-refractivity contribution is -0.113. The lowest BCUT2D eigenvalue weighted by atomic mass is 9.86. The Morgan fingerprint density at radius 2 is 1.62 bits per heavy atom. The van der Waals surface area contributed by atoms with Crippen molar-refractivity contribution in [3.63, 3.8) is 0 Å². The Kier molecular flexibility index (Phi) is 2.30. The van der Waals surface area contributed by atoms with E-state index >= 15 is 0 Å². The van der Waals surface area contributed by atoms with Gasteiger partial charge < -0.3 is 10.0 Å². The van der Waals surface area contributed by atoms with Gasteiger partial charge >= 0.3 is 13.3 Å². The van der Waals surface area contributed by atoms with Gasteiger partial charge in [-0.05, 0) is 0 Å². The first-order chi connectivity index (χ1) is 3.42. The summed E-state index contributed by atoms with van der Waals surface area (Å²) < 4.78 is 33.0. The van der Waals surface area contributed by atoms with Gasteiger partial charge in [0.05, 0.1) is 6.32 Å². The fraction of sp³-hybridized carbons (Fsp3) is 1.00. The van der Waals surface area contributed by atoms with Crippen LogP contribution in [0, 0.1) is 0 Å². The summed E-state index contributed by atoms with van der Waals surface area (Å²) in [4.78, 5) is 0. The summed E-state index contributed by atoms with van der Waals surface area (Å²) in [5, 5.41) is 15.4. The van der Waals surface area contributed by atoms with Gasteiger partial charge in [0.1, 0.15) is 0 Å². The first kappa shape index (κ1) is 7.77. The van der Waals surface area contributed by atoms with E-state index in [-0.39, 0.29) is 0 Å². The van der Waals surface area contributed by atoms with Gasteiger partial charge in [0.25, 0.3) is 0 Å². The maximum Gasteiger partial charge on any atom is 0.460 e. The molecule has 0 aromatic carbocycles. The summed E-state index contributed by atoms with van der Waals surface area (Å²) in [6, 6.07) is 0. The normalized spacial score (nSPS) is 11.6. The highest BCUT2D eigenvalue weighted by Gasteiger charge is 2.33. The second-order valence-corrected chi connectivity index (χ2v) is 1.30. The van der Waals surface area contributed by atoms with Gasteiger partial charge in [0.15, 0.2) is 0 Å². The number of hydrogen-bond donors (Lipinski definition) is 2. The van der Waals surface area contributed by atoms with Crippen molar-refractivity contribution in [1.82, 2.24) is 0 Å². The lowest BCUT2D eigenvalue weighted by Gasteiger charge is -2.02. The van der Waals surface area contributed by atoms with E-state index in [0.717, 1.165) is 0 Å². The molecule has 0 saturated carbocycles. The van der Waals surface area contributed by atoms with Gasteiger partial charge in [-0.1, -0.05) is 0 Å². The summed E-state index contributed by atoms with van der Waals surface area (Å²) in [7, 11) is -2.28. The first-order valence-electron chi connectivity index (χ1n) is 1.85. The summed E-state index contributed by atoms with van der Waals surface area (Å²) in [6.07, 6.45) is -6.04. The Bertz CT molecular complexity index is 70.2. The third-order valence-electron chi connectivity index (χ3n) is 0.414. The van der Waals surface area contributed by atoms with Gasteiger partial charge in [-0.3, -0.25) is 0 Å². The van der Waals surface area contributed by atoms with E-state index in [1.807, 2.05) is 0 Å². The van der Waals surface area contributed by atoms with Crippen molar-refractivity contribution in [1.29, 1.82) is 0 Å². The van der Waals surface area contributed by atoms with Crippen molar-refractivity contribution in [2.75, 3.05) is 0 Å². The molecule has 2 N–H and O–H groups in total. The summed E-state index contributed by atoms with van der Waals surface area (Å²) in [5.74, 6) is 0. The molecule has 48 valence electrons. The molecule has 6 heteroatoms. The molecule has 0 unspecified atom stereocenters. The molecule has 0 amide bonds. The molecule has 0 aliphatic rings. The molecule has 0 aromatic rings. The maximum absolute atomic E-state index is 11.0. The maximum atomic E-state index is 11.0. The monoisotopic (exact) mass is 128 g/mol. The fourth-order valence-corrected chi connectivity index (χ4v) is 0.207. The first-order valence-corrected chi connectivity index (χ1v) is 1.85. The van der Waals surface area contributed by atoms with Crippen molar-refractivity contribution < 1.29 is 23.2 Å². The van der Waals surface area contributed by atoms with E-state index in [4.69, 9.17) is 10.0 Å². The average molecular weight is 128 g/mol. The summed E-state index contributed by atoms with van der Waals surface area (Å²) in [5.41, 5.74) is 0. The fourth-order valence-electron chi connectivity index (χ4n) is 0.207. The Balaban J connectivity index is 3.39. The van der Waals surface area contributed by atoms with E-state index in [2.05, 4.69) is 0 Å². The van der Waals surface area contributed by atoms with Crippen LogP contribution in [0.5, 0.6) is 0 Å². The largest absolute Gasteiger partial charge is 0.460 e. The summed E-state index contributed by atoms with van der Waals surface area (Å²) >= 11 is 0. The smallest absolute Gasteiger partial charge is 0.427 e. The predicted octanol–water partition coefficient (Wildman–Crippen LogP) is 0.0215. The van der Waals surface area contributed by atoms with E-state index in [1.54, 1.807) is 0 Å². The van der Waals surface area contributed by atoms with Crippen LogP contribution in [0.1, 0.15) is 0 Å². The van der Waals surface area contributed by atoms with Crippen LogP contribution < -0.4 is 0 Å². The van der Waals surface area contributed by atoms with Crippen LogP contribution in [-0.2, 0) is 0 Å². The minimum Gasteiger partial charge on any atom is -0.427 e. The molecule has 0 radical (unpaired) electrons. The van der Waals surface area contributed by atoms with E-state index in [1.165, 1.54) is 0 Å². The van der Waals surface area contributed by atoms with Crippen LogP contribution in [0.3, 0.4) is 0 Å². The molecule has 0 atom stereocenters. The molecule has 0 bridgehead atoms. The zero-order valence-electron chi connectivity index (χ0n) is 3.81. The Hall–Kier alpha value is -0.225. The van der Waals surface area contributed by atoms with E-state index < -0.39 is 19.6 Å². The molecule has 0 saturated heterocycles. The van der Waals surface area contributed by atoms with Crippen molar-refractivity contribution in [2.24, 2.45) is 0 Å². The standard InChI is InChI=1S/C2H4BF3O2/c4-2(5,6)1-3(7)8/h7-8H,1H2. The van der Waals surface area contributed by atoms with Crippen molar-refractivity contribution >= 4 is 7.12 Å². The molecule has 0 aliphatic heterocycles. The predicted molar refractivity (Wildman–Crippen MR) is 21.1 cm³/mol. The number of rotatable bonds is 1. The molecule has 0 spiro atoms. The van der Waals surface area contributed by atoms with Crippen LogP contribution in [0.25, 0.3) is 0 Å². The van der Waals surface area contributed by atoms with E-state index in [9.17, 15) is 13.2 Å². The van der Waals surface area contributed by atoms with Crippen molar-refractivity contribution in [3.05, 3.63) is 0 Å². The zero-order valence-corrected chi connectivity index (χ0v) is 3.81. The van der Waals surface area contributed by atoms with Crippen LogP contribution in [0.4, 0.5) is 13.2 Å². The lowest BCUT2D eigenvalue weighted by Crippen LogP contribution is -2.21.